The van der Waals surface area contributed by atoms with E-state index in [1.54, 1.807) is 18.2 Å². The molecule has 1 N–H and O–H groups in total. The highest BCUT2D eigenvalue weighted by atomic mass is 35.5. The molecule has 12 heteroatoms. The summed E-state index contributed by atoms with van der Waals surface area (Å²) >= 11 is 11.4. The maximum absolute atomic E-state index is 11.0. The molecule has 8 nitrogen and oxygen atoms in total. The Morgan fingerprint density at radius 1 is 1.03 bits per heavy atom. The van der Waals surface area contributed by atoms with Crippen molar-refractivity contribution in [1.82, 2.24) is 4.72 Å². The van der Waals surface area contributed by atoms with Crippen molar-refractivity contribution in [2.75, 3.05) is 12.8 Å². The van der Waals surface area contributed by atoms with Crippen molar-refractivity contribution < 1.29 is 30.4 Å². The number of hydrogen-bond acceptors (Lipinski definition) is 6. The Balaban J connectivity index is 0.000000234. The molecule has 0 aliphatic rings. The van der Waals surface area contributed by atoms with Crippen molar-refractivity contribution in [2.45, 2.75) is 18.4 Å². The van der Waals surface area contributed by atoms with E-state index in [-0.39, 0.29) is 4.90 Å². The summed E-state index contributed by atoms with van der Waals surface area (Å²) in [6.45, 7) is 2.63. The lowest BCUT2D eigenvalue weighted by molar-refractivity contribution is -0.680. The maximum Gasteiger partial charge on any atom is 0.344 e. The number of benzene rings is 2. The van der Waals surface area contributed by atoms with Crippen molar-refractivity contribution in [3.05, 3.63) is 58.4 Å². The zero-order valence-electron chi connectivity index (χ0n) is 15.4. The zero-order valence-corrected chi connectivity index (χ0v) is 18.6. The van der Waals surface area contributed by atoms with E-state index >= 15 is 0 Å². The number of oxazole rings is 1. The van der Waals surface area contributed by atoms with Crippen LogP contribution < -0.4 is 9.29 Å². The van der Waals surface area contributed by atoms with E-state index in [0.717, 1.165) is 17.4 Å². The van der Waals surface area contributed by atoms with Gasteiger partial charge in [0.1, 0.15) is 10.1 Å². The van der Waals surface area contributed by atoms with Gasteiger partial charge in [-0.3, -0.25) is 0 Å². The van der Waals surface area contributed by atoms with Crippen LogP contribution in [0.4, 0.5) is 0 Å². The van der Waals surface area contributed by atoms with Gasteiger partial charge in [-0.2, -0.15) is 4.57 Å². The second-order valence-corrected chi connectivity index (χ2v) is 10.0. The first-order chi connectivity index (χ1) is 13.4. The average Bonchev–Trinajstić information content (AvgIpc) is 2.89. The molecule has 0 aliphatic carbocycles. The Morgan fingerprint density at radius 2 is 1.62 bits per heavy atom. The number of halogens is 2. The third-order valence-electron chi connectivity index (χ3n) is 3.65. The topological polar surface area (TPSA) is 120 Å². The van der Waals surface area contributed by atoms with Gasteiger partial charge >= 0.3 is 5.89 Å². The SMILES string of the molecule is Cc1oc2ccc(Cl)cc2[n+]1CCNS(C)(=O)=O.O=S(=O)([O-])c1ccc(Cl)cc1. The van der Waals surface area contributed by atoms with Gasteiger partial charge in [0.05, 0.1) is 24.6 Å². The van der Waals surface area contributed by atoms with Gasteiger partial charge in [-0.05, 0) is 36.4 Å². The normalized spacial score (nSPS) is 11.9. The third-order valence-corrected chi connectivity index (χ3v) is 5.72. The Hall–Kier alpha value is -1.69. The van der Waals surface area contributed by atoms with Crippen molar-refractivity contribution >= 4 is 54.4 Å². The summed E-state index contributed by atoms with van der Waals surface area (Å²) in [5.74, 6) is 0.711. The molecule has 0 atom stereocenters. The number of aromatic nitrogens is 1. The number of aryl methyl sites for hydroxylation is 1. The predicted molar refractivity (Wildman–Crippen MR) is 108 cm³/mol. The molecule has 0 bridgehead atoms. The first kappa shape index (κ1) is 23.6. The predicted octanol–water partition coefficient (Wildman–Crippen LogP) is 2.48. The fraction of sp³-hybridized carbons (Fsp3) is 0.235. The number of fused-ring (bicyclic) bond motifs is 1. The van der Waals surface area contributed by atoms with Crippen LogP contribution >= 0.6 is 23.2 Å². The standard InChI is InChI=1S/C11H14ClN2O3S.C6H5ClO3S/c1-8-14(6-5-13-18(2,15)16)10-7-9(12)3-4-11(10)17-8;7-5-1-3-6(4-2-5)11(8,9)10/h3-4,7,13H,5-6H2,1-2H3;1-4H,(H,8,9,10)/q+1;/p-1. The van der Waals surface area contributed by atoms with Crippen molar-refractivity contribution in [3.63, 3.8) is 0 Å². The molecule has 29 heavy (non-hydrogen) atoms. The number of nitrogens with one attached hydrogen (secondary N) is 1. The van der Waals surface area contributed by atoms with Crippen LogP contribution in [0.5, 0.6) is 0 Å². The fourth-order valence-corrected chi connectivity index (χ4v) is 3.62. The smallest absolute Gasteiger partial charge is 0.344 e. The lowest BCUT2D eigenvalue weighted by Gasteiger charge is -2.05. The minimum Gasteiger partial charge on any atom is -0.744 e. The van der Waals surface area contributed by atoms with Crippen LogP contribution in [0.1, 0.15) is 5.89 Å². The van der Waals surface area contributed by atoms with Gasteiger partial charge in [-0.1, -0.05) is 23.2 Å². The molecule has 0 saturated carbocycles. The maximum atomic E-state index is 11.0. The van der Waals surface area contributed by atoms with Crippen molar-refractivity contribution in [1.29, 1.82) is 0 Å². The van der Waals surface area contributed by atoms with Gasteiger partial charge in [0.15, 0.2) is 6.54 Å². The summed E-state index contributed by atoms with van der Waals surface area (Å²) in [6.07, 6.45) is 1.13. The number of nitrogens with zero attached hydrogens (tertiary/aromatic N) is 1. The molecule has 0 spiro atoms. The monoisotopic (exact) mass is 480 g/mol. The van der Waals surface area contributed by atoms with Crippen LogP contribution in [0.2, 0.25) is 10.0 Å². The van der Waals surface area contributed by atoms with Crippen LogP contribution in [0, 0.1) is 6.92 Å². The molecule has 0 fully saturated rings. The van der Waals surface area contributed by atoms with Crippen molar-refractivity contribution in [3.8, 4) is 0 Å². The van der Waals surface area contributed by atoms with Gasteiger partial charge in [-0.25, -0.2) is 21.6 Å². The van der Waals surface area contributed by atoms with E-state index in [9.17, 15) is 21.4 Å². The third kappa shape index (κ3) is 7.25. The minimum absolute atomic E-state index is 0.262. The summed E-state index contributed by atoms with van der Waals surface area (Å²) in [5.41, 5.74) is 1.59. The highest BCUT2D eigenvalue weighted by Crippen LogP contribution is 2.18. The van der Waals surface area contributed by atoms with Crippen LogP contribution in [0.25, 0.3) is 11.1 Å². The van der Waals surface area contributed by atoms with Gasteiger partial charge in [0, 0.05) is 16.1 Å². The van der Waals surface area contributed by atoms with Crippen LogP contribution in [-0.4, -0.2) is 34.2 Å². The molecule has 0 aliphatic heterocycles. The molecule has 0 amide bonds. The summed E-state index contributed by atoms with van der Waals surface area (Å²) in [6, 6.07) is 10.4. The minimum atomic E-state index is -4.33. The molecule has 3 rings (SSSR count). The molecular formula is C17H18Cl2N2O6S2. The largest absolute Gasteiger partial charge is 0.744 e. The van der Waals surface area contributed by atoms with E-state index in [0.29, 0.717) is 29.0 Å². The van der Waals surface area contributed by atoms with E-state index in [2.05, 4.69) is 4.72 Å². The van der Waals surface area contributed by atoms with E-state index < -0.39 is 20.1 Å². The van der Waals surface area contributed by atoms with E-state index in [1.807, 2.05) is 11.5 Å². The lowest BCUT2D eigenvalue weighted by atomic mass is 10.3. The van der Waals surface area contributed by atoms with Gasteiger partial charge in [0.25, 0.3) is 5.52 Å². The molecular weight excluding hydrogens is 463 g/mol. The number of rotatable bonds is 5. The van der Waals surface area contributed by atoms with Crippen LogP contribution in [0.3, 0.4) is 0 Å². The van der Waals surface area contributed by atoms with Gasteiger partial charge in [0.2, 0.25) is 15.6 Å². The quantitative estimate of drug-likeness (QED) is 0.442. The average molecular weight is 481 g/mol. The summed E-state index contributed by atoms with van der Waals surface area (Å²) < 4.78 is 62.9. The molecule has 0 unspecified atom stereocenters. The first-order valence-corrected chi connectivity index (χ1v) is 12.2. The molecule has 0 saturated heterocycles. The summed E-state index contributed by atoms with van der Waals surface area (Å²) in [4.78, 5) is -0.262. The van der Waals surface area contributed by atoms with Crippen LogP contribution in [0.15, 0.2) is 51.8 Å². The van der Waals surface area contributed by atoms with Gasteiger partial charge in [-0.15, -0.1) is 0 Å². The number of hydrogen-bond donors (Lipinski definition) is 1. The first-order valence-electron chi connectivity index (χ1n) is 8.11. The second kappa shape index (κ2) is 9.41. The Labute approximate surface area is 178 Å². The van der Waals surface area contributed by atoms with Gasteiger partial charge < -0.3 is 8.97 Å². The molecule has 2 aromatic carbocycles. The lowest BCUT2D eigenvalue weighted by Crippen LogP contribution is -2.41. The molecule has 0 radical (unpaired) electrons. The number of sulfonamides is 1. The summed E-state index contributed by atoms with van der Waals surface area (Å²) in [7, 11) is -7.50. The summed E-state index contributed by atoms with van der Waals surface area (Å²) in [5, 5.41) is 1.02. The molecule has 158 valence electrons. The van der Waals surface area contributed by atoms with Crippen molar-refractivity contribution in [2.24, 2.45) is 0 Å². The zero-order chi connectivity index (χ0) is 21.8. The Morgan fingerprint density at radius 3 is 2.17 bits per heavy atom. The highest BCUT2D eigenvalue weighted by Gasteiger charge is 2.19. The van der Waals surface area contributed by atoms with E-state index in [1.165, 1.54) is 24.3 Å². The fourth-order valence-electron chi connectivity index (χ4n) is 2.39. The molecule has 1 heterocycles. The second-order valence-electron chi connectivity index (χ2n) is 5.96. The molecule has 1 aromatic heterocycles. The van der Waals surface area contributed by atoms with E-state index in [4.69, 9.17) is 27.6 Å². The Kier molecular flexibility index (Phi) is 7.66. The molecule has 3 aromatic rings. The highest BCUT2D eigenvalue weighted by molar-refractivity contribution is 7.88. The Bertz CT molecular complexity index is 1210. The van der Waals surface area contributed by atoms with Crippen LogP contribution in [-0.2, 0) is 26.7 Å².